The summed E-state index contributed by atoms with van der Waals surface area (Å²) in [6.07, 6.45) is 0.206. The first-order valence-corrected chi connectivity index (χ1v) is 9.54. The number of anilines is 1. The molecule has 1 heterocycles. The lowest BCUT2D eigenvalue weighted by atomic mass is 10.2. The molecule has 0 aliphatic heterocycles. The maximum absolute atomic E-state index is 12.3. The summed E-state index contributed by atoms with van der Waals surface area (Å²) >= 11 is 7.67. The van der Waals surface area contributed by atoms with Crippen molar-refractivity contribution < 1.29 is 9.53 Å². The molecule has 1 aromatic heterocycles. The second-order valence-electron chi connectivity index (χ2n) is 5.81. The number of halogens is 1. The first kappa shape index (κ1) is 18.4. The van der Waals surface area contributed by atoms with Crippen LogP contribution in [0.1, 0.15) is 18.2 Å². The molecule has 0 fully saturated rings. The molecule has 6 heteroatoms. The molecule has 0 spiro atoms. The number of hydrogen-bond acceptors (Lipinski definition) is 4. The quantitative estimate of drug-likeness (QED) is 0.621. The average molecular weight is 387 g/mol. The van der Waals surface area contributed by atoms with Crippen LogP contribution in [0.4, 0.5) is 5.69 Å². The van der Waals surface area contributed by atoms with Crippen molar-refractivity contribution in [2.75, 3.05) is 11.9 Å². The summed E-state index contributed by atoms with van der Waals surface area (Å²) in [6, 6.07) is 13.3. The third-order valence-electron chi connectivity index (χ3n) is 3.70. The molecular formula is C20H19ClN2O2S. The van der Waals surface area contributed by atoms with Crippen molar-refractivity contribution >= 4 is 34.5 Å². The van der Waals surface area contributed by atoms with E-state index in [2.05, 4.69) is 10.3 Å². The molecule has 2 aromatic carbocycles. The lowest BCUT2D eigenvalue weighted by molar-refractivity contribution is -0.115. The number of benzene rings is 2. The zero-order valence-electron chi connectivity index (χ0n) is 14.6. The van der Waals surface area contributed by atoms with Crippen molar-refractivity contribution in [2.45, 2.75) is 20.3 Å². The molecule has 3 aromatic rings. The van der Waals surface area contributed by atoms with Crippen molar-refractivity contribution in [2.24, 2.45) is 0 Å². The third kappa shape index (κ3) is 4.62. The maximum Gasteiger partial charge on any atom is 0.230 e. The van der Waals surface area contributed by atoms with E-state index in [4.69, 9.17) is 16.3 Å². The molecule has 134 valence electrons. The molecule has 4 nitrogen and oxygen atoms in total. The summed E-state index contributed by atoms with van der Waals surface area (Å²) in [5, 5.41) is 6.15. The predicted molar refractivity (Wildman–Crippen MR) is 107 cm³/mol. The summed E-state index contributed by atoms with van der Waals surface area (Å²) in [7, 11) is 0. The van der Waals surface area contributed by atoms with Gasteiger partial charge in [0.25, 0.3) is 0 Å². The molecule has 1 N–H and O–H groups in total. The van der Waals surface area contributed by atoms with E-state index in [-0.39, 0.29) is 12.3 Å². The second kappa shape index (κ2) is 8.34. The van der Waals surface area contributed by atoms with Gasteiger partial charge in [-0.2, -0.15) is 0 Å². The Morgan fingerprint density at radius 1 is 1.23 bits per heavy atom. The highest BCUT2D eigenvalue weighted by Gasteiger charge is 2.11. The highest BCUT2D eigenvalue weighted by Crippen LogP contribution is 2.27. The Morgan fingerprint density at radius 3 is 2.69 bits per heavy atom. The minimum atomic E-state index is -0.140. The van der Waals surface area contributed by atoms with Crippen LogP contribution in [0, 0.1) is 6.92 Å². The summed E-state index contributed by atoms with van der Waals surface area (Å²) in [5.74, 6) is 0.696. The lowest BCUT2D eigenvalue weighted by Crippen LogP contribution is -2.14. The molecule has 0 aliphatic rings. The number of ether oxygens (including phenoxy) is 1. The smallest absolute Gasteiger partial charge is 0.230 e. The topological polar surface area (TPSA) is 51.2 Å². The number of hydrogen-bond donors (Lipinski definition) is 1. The number of aromatic nitrogens is 1. The molecule has 0 saturated heterocycles. The number of aryl methyl sites for hydroxylation is 1. The van der Waals surface area contributed by atoms with Crippen LogP contribution in [0.5, 0.6) is 5.75 Å². The minimum Gasteiger partial charge on any atom is -0.494 e. The highest BCUT2D eigenvalue weighted by atomic mass is 35.5. The van der Waals surface area contributed by atoms with Crippen LogP contribution in [0.15, 0.2) is 47.8 Å². The number of carbonyl (C=O) groups is 1. The van der Waals surface area contributed by atoms with Gasteiger partial charge >= 0.3 is 0 Å². The predicted octanol–water partition coefficient (Wildman–Crippen LogP) is 5.35. The molecule has 0 saturated carbocycles. The Kier molecular flexibility index (Phi) is 5.91. The number of thiazole rings is 1. The van der Waals surface area contributed by atoms with Gasteiger partial charge in [-0.1, -0.05) is 17.7 Å². The second-order valence-corrected chi connectivity index (χ2v) is 7.07. The first-order valence-electron chi connectivity index (χ1n) is 8.29. The number of carbonyl (C=O) groups excluding carboxylic acids is 1. The lowest BCUT2D eigenvalue weighted by Gasteiger charge is -2.07. The highest BCUT2D eigenvalue weighted by molar-refractivity contribution is 7.13. The largest absolute Gasteiger partial charge is 0.494 e. The Hall–Kier alpha value is -2.37. The molecule has 3 rings (SSSR count). The standard InChI is InChI=1S/C20H19ClN2O2S/c1-3-25-16-7-5-14(6-8-16)20-22-15(12-26-20)11-19(24)23-18-9-4-13(2)10-17(18)21/h4-10,12H,3,11H2,1-2H3,(H,23,24). The van der Waals surface area contributed by atoms with E-state index in [0.717, 1.165) is 27.6 Å². The van der Waals surface area contributed by atoms with E-state index in [1.54, 1.807) is 0 Å². The molecule has 0 aliphatic carbocycles. The van der Waals surface area contributed by atoms with Crippen molar-refractivity contribution in [1.29, 1.82) is 0 Å². The normalized spacial score (nSPS) is 10.6. The summed E-state index contributed by atoms with van der Waals surface area (Å²) in [6.45, 7) is 4.55. The van der Waals surface area contributed by atoms with Crippen molar-refractivity contribution in [1.82, 2.24) is 4.98 Å². The van der Waals surface area contributed by atoms with Gasteiger partial charge in [0.2, 0.25) is 5.91 Å². The fourth-order valence-electron chi connectivity index (χ4n) is 2.46. The van der Waals surface area contributed by atoms with E-state index in [1.807, 2.05) is 61.7 Å². The summed E-state index contributed by atoms with van der Waals surface area (Å²) in [5.41, 5.74) is 3.41. The van der Waals surface area contributed by atoms with Crippen molar-refractivity contribution in [3.63, 3.8) is 0 Å². The van der Waals surface area contributed by atoms with E-state index >= 15 is 0 Å². The van der Waals surface area contributed by atoms with E-state index in [0.29, 0.717) is 17.3 Å². The van der Waals surface area contributed by atoms with E-state index in [1.165, 1.54) is 11.3 Å². The SMILES string of the molecule is CCOc1ccc(-c2nc(CC(=O)Nc3ccc(C)cc3Cl)cs2)cc1. The van der Waals surface area contributed by atoms with Crippen LogP contribution in [-0.4, -0.2) is 17.5 Å². The van der Waals surface area contributed by atoms with Crippen LogP contribution in [-0.2, 0) is 11.2 Å². The molecular weight excluding hydrogens is 368 g/mol. The molecule has 26 heavy (non-hydrogen) atoms. The molecule has 0 unspecified atom stereocenters. The zero-order chi connectivity index (χ0) is 18.5. The summed E-state index contributed by atoms with van der Waals surface area (Å²) in [4.78, 5) is 16.8. The van der Waals surface area contributed by atoms with Crippen LogP contribution in [0.25, 0.3) is 10.6 Å². The van der Waals surface area contributed by atoms with Gasteiger partial charge in [-0.15, -0.1) is 11.3 Å². The van der Waals surface area contributed by atoms with E-state index < -0.39 is 0 Å². The Balaban J connectivity index is 1.65. The monoisotopic (exact) mass is 386 g/mol. The van der Waals surface area contributed by atoms with Crippen LogP contribution in [0.3, 0.4) is 0 Å². The summed E-state index contributed by atoms with van der Waals surface area (Å²) < 4.78 is 5.45. The van der Waals surface area contributed by atoms with Gasteiger partial charge < -0.3 is 10.1 Å². The van der Waals surface area contributed by atoms with Crippen molar-refractivity contribution in [3.8, 4) is 16.3 Å². The average Bonchev–Trinajstić information content (AvgIpc) is 3.07. The van der Waals surface area contributed by atoms with E-state index in [9.17, 15) is 4.79 Å². The van der Waals surface area contributed by atoms with Gasteiger partial charge in [0, 0.05) is 10.9 Å². The molecule has 0 radical (unpaired) electrons. The van der Waals surface area contributed by atoms with Gasteiger partial charge in [0.15, 0.2) is 0 Å². The van der Waals surface area contributed by atoms with Crippen LogP contribution < -0.4 is 10.1 Å². The molecule has 0 bridgehead atoms. The maximum atomic E-state index is 12.3. The third-order valence-corrected chi connectivity index (χ3v) is 4.96. The van der Waals surface area contributed by atoms with Crippen LogP contribution >= 0.6 is 22.9 Å². The Labute approximate surface area is 161 Å². The van der Waals surface area contributed by atoms with Gasteiger partial charge in [0.1, 0.15) is 10.8 Å². The molecule has 0 atom stereocenters. The number of nitrogens with one attached hydrogen (secondary N) is 1. The van der Waals surface area contributed by atoms with Gasteiger partial charge in [0.05, 0.1) is 29.4 Å². The molecule has 1 amide bonds. The van der Waals surface area contributed by atoms with Crippen LogP contribution in [0.2, 0.25) is 5.02 Å². The number of amides is 1. The van der Waals surface area contributed by atoms with Crippen molar-refractivity contribution in [3.05, 3.63) is 64.1 Å². The Bertz CT molecular complexity index is 906. The first-order chi connectivity index (χ1) is 12.5. The Morgan fingerprint density at radius 2 is 2.00 bits per heavy atom. The van der Waals surface area contributed by atoms with Gasteiger partial charge in [-0.3, -0.25) is 4.79 Å². The van der Waals surface area contributed by atoms with Gasteiger partial charge in [-0.05, 0) is 55.8 Å². The number of nitrogens with zero attached hydrogens (tertiary/aromatic N) is 1. The zero-order valence-corrected chi connectivity index (χ0v) is 16.2. The van der Waals surface area contributed by atoms with Gasteiger partial charge in [-0.25, -0.2) is 4.98 Å². The fraction of sp³-hybridized carbons (Fsp3) is 0.200. The minimum absolute atomic E-state index is 0.140. The fourth-order valence-corrected chi connectivity index (χ4v) is 3.57. The number of rotatable bonds is 6.